The van der Waals surface area contributed by atoms with E-state index in [4.69, 9.17) is 11.5 Å². The van der Waals surface area contributed by atoms with Crippen LogP contribution in [0.4, 0.5) is 18.9 Å². The second-order valence-electron chi connectivity index (χ2n) is 9.08. The van der Waals surface area contributed by atoms with Crippen molar-refractivity contribution in [1.82, 2.24) is 4.98 Å². The second-order valence-corrected chi connectivity index (χ2v) is 9.08. The Morgan fingerprint density at radius 3 is 2.28 bits per heavy atom. The van der Waals surface area contributed by atoms with E-state index >= 15 is 0 Å². The number of nitrogens with two attached hydrogens (primary N) is 2. The molecular formula is C25H25F3N4. The molecule has 0 saturated heterocycles. The van der Waals surface area contributed by atoms with Crippen LogP contribution in [-0.2, 0) is 17.1 Å². The van der Waals surface area contributed by atoms with Crippen LogP contribution in [0.15, 0.2) is 72.7 Å². The van der Waals surface area contributed by atoms with Crippen LogP contribution in [0, 0.1) is 0 Å². The molecule has 166 valence electrons. The first kappa shape index (κ1) is 21.9. The molecule has 1 aliphatic heterocycles. The van der Waals surface area contributed by atoms with Crippen LogP contribution >= 0.6 is 0 Å². The molecular weight excluding hydrogens is 413 g/mol. The van der Waals surface area contributed by atoms with Gasteiger partial charge in [-0.25, -0.2) is 0 Å². The van der Waals surface area contributed by atoms with Gasteiger partial charge >= 0.3 is 6.18 Å². The van der Waals surface area contributed by atoms with E-state index in [0.717, 1.165) is 11.6 Å². The summed E-state index contributed by atoms with van der Waals surface area (Å²) in [6.07, 6.45) is -1.45. The zero-order valence-corrected chi connectivity index (χ0v) is 18.1. The summed E-state index contributed by atoms with van der Waals surface area (Å²) in [7, 11) is 0. The number of pyridine rings is 1. The fourth-order valence-electron chi connectivity index (χ4n) is 4.02. The number of hydrogen-bond acceptors (Lipinski definition) is 4. The maximum absolute atomic E-state index is 13.5. The van der Waals surface area contributed by atoms with E-state index in [9.17, 15) is 13.2 Å². The Morgan fingerprint density at radius 1 is 0.969 bits per heavy atom. The topological polar surface area (TPSA) is 77.0 Å². The van der Waals surface area contributed by atoms with Crippen LogP contribution in [0.25, 0.3) is 11.3 Å². The molecule has 0 bridgehead atoms. The molecule has 4 nitrogen and oxygen atoms in total. The van der Waals surface area contributed by atoms with Crippen molar-refractivity contribution < 1.29 is 13.2 Å². The van der Waals surface area contributed by atoms with Crippen molar-refractivity contribution in [2.24, 2.45) is 11.5 Å². The van der Waals surface area contributed by atoms with Gasteiger partial charge in [-0.1, -0.05) is 57.2 Å². The largest absolute Gasteiger partial charge is 0.418 e. The van der Waals surface area contributed by atoms with Gasteiger partial charge in [-0.05, 0) is 40.8 Å². The van der Waals surface area contributed by atoms with Crippen LogP contribution in [0.3, 0.4) is 0 Å². The summed E-state index contributed by atoms with van der Waals surface area (Å²) in [5, 5.41) is 3.04. The summed E-state index contributed by atoms with van der Waals surface area (Å²) >= 11 is 0. The van der Waals surface area contributed by atoms with Gasteiger partial charge in [0, 0.05) is 23.0 Å². The molecule has 1 aromatic heterocycles. The summed E-state index contributed by atoms with van der Waals surface area (Å²) < 4.78 is 40.5. The lowest BCUT2D eigenvalue weighted by molar-refractivity contribution is -0.137. The van der Waals surface area contributed by atoms with Crippen LogP contribution in [-0.4, -0.2) is 4.98 Å². The van der Waals surface area contributed by atoms with Gasteiger partial charge in [-0.15, -0.1) is 0 Å². The molecule has 0 amide bonds. The number of halogens is 3. The molecule has 0 aliphatic carbocycles. The van der Waals surface area contributed by atoms with E-state index in [0.29, 0.717) is 22.6 Å². The van der Waals surface area contributed by atoms with Crippen molar-refractivity contribution in [3.63, 3.8) is 0 Å². The van der Waals surface area contributed by atoms with Crippen molar-refractivity contribution in [2.45, 2.75) is 37.9 Å². The second kappa shape index (κ2) is 7.38. The third-order valence-corrected chi connectivity index (χ3v) is 5.74. The number of aromatic nitrogens is 1. The van der Waals surface area contributed by atoms with Crippen LogP contribution in [0.1, 0.15) is 43.0 Å². The monoisotopic (exact) mass is 438 g/mol. The molecule has 0 fully saturated rings. The van der Waals surface area contributed by atoms with Crippen LogP contribution in [0.5, 0.6) is 0 Å². The summed E-state index contributed by atoms with van der Waals surface area (Å²) in [6.45, 7) is 6.39. The highest BCUT2D eigenvalue weighted by molar-refractivity contribution is 5.74. The van der Waals surface area contributed by atoms with E-state index in [1.807, 2.05) is 24.3 Å². The van der Waals surface area contributed by atoms with Gasteiger partial charge < -0.3 is 16.8 Å². The highest BCUT2D eigenvalue weighted by Crippen LogP contribution is 2.42. The average Bonchev–Trinajstić information content (AvgIpc) is 2.72. The quantitative estimate of drug-likeness (QED) is 0.494. The first-order valence-electron chi connectivity index (χ1n) is 10.2. The number of fused-ring (bicyclic) bond motifs is 1. The standard InChI is InChI=1S/C25H25F3N4/c1-23(2,3)16-7-9-17(10-8-16)24(30)14-21(29)32-20-13-15(6-11-18(20)24)22-19(25(26,27)28)5-4-12-31-22/h4-14,32H,29-30H2,1-3H3. The molecule has 32 heavy (non-hydrogen) atoms. The molecule has 4 rings (SSSR count). The molecule has 3 aromatic rings. The molecule has 0 saturated carbocycles. The van der Waals surface area contributed by atoms with E-state index in [1.165, 1.54) is 17.8 Å². The number of benzene rings is 2. The SMILES string of the molecule is CC(C)(C)c1ccc(C2(N)C=C(N)Nc3cc(-c4ncccc4C(F)(F)F)ccc32)cc1. The van der Waals surface area contributed by atoms with Crippen molar-refractivity contribution in [2.75, 3.05) is 5.32 Å². The number of hydrogen-bond donors (Lipinski definition) is 3. The van der Waals surface area contributed by atoms with Gasteiger partial charge in [0.25, 0.3) is 0 Å². The Morgan fingerprint density at radius 2 is 1.66 bits per heavy atom. The predicted molar refractivity (Wildman–Crippen MR) is 121 cm³/mol. The molecule has 2 heterocycles. The number of rotatable bonds is 2. The molecule has 5 N–H and O–H groups in total. The van der Waals surface area contributed by atoms with Crippen molar-refractivity contribution in [3.8, 4) is 11.3 Å². The summed E-state index contributed by atoms with van der Waals surface area (Å²) in [6, 6.07) is 15.2. The number of nitrogens with one attached hydrogen (secondary N) is 1. The van der Waals surface area contributed by atoms with Gasteiger partial charge in [0.2, 0.25) is 0 Å². The van der Waals surface area contributed by atoms with E-state index in [1.54, 1.807) is 24.3 Å². The van der Waals surface area contributed by atoms with Crippen molar-refractivity contribution >= 4 is 5.69 Å². The average molecular weight is 438 g/mol. The van der Waals surface area contributed by atoms with E-state index in [2.05, 4.69) is 31.1 Å². The lowest BCUT2D eigenvalue weighted by Gasteiger charge is -2.35. The fraction of sp³-hybridized carbons (Fsp3) is 0.240. The maximum atomic E-state index is 13.5. The normalized spacial score (nSPS) is 18.5. The molecule has 1 atom stereocenters. The Labute approximate surface area is 185 Å². The van der Waals surface area contributed by atoms with Crippen LogP contribution in [0.2, 0.25) is 0 Å². The number of anilines is 1. The van der Waals surface area contributed by atoms with Crippen LogP contribution < -0.4 is 16.8 Å². The maximum Gasteiger partial charge on any atom is 0.418 e. The molecule has 1 unspecified atom stereocenters. The van der Waals surface area contributed by atoms with Gasteiger partial charge in [0.15, 0.2) is 0 Å². The number of alkyl halides is 3. The summed E-state index contributed by atoms with van der Waals surface area (Å²) in [4.78, 5) is 3.99. The molecule has 2 aromatic carbocycles. The van der Waals surface area contributed by atoms with Gasteiger partial charge in [0.05, 0.1) is 22.6 Å². The van der Waals surface area contributed by atoms with Crippen molar-refractivity contribution in [1.29, 1.82) is 0 Å². The Kier molecular flexibility index (Phi) is 5.05. The highest BCUT2D eigenvalue weighted by atomic mass is 19.4. The Balaban J connectivity index is 1.82. The first-order chi connectivity index (χ1) is 14.9. The minimum Gasteiger partial charge on any atom is -0.385 e. The predicted octanol–water partition coefficient (Wildman–Crippen LogP) is 5.49. The van der Waals surface area contributed by atoms with Gasteiger partial charge in [0.1, 0.15) is 0 Å². The Bertz CT molecular complexity index is 1190. The summed E-state index contributed by atoms with van der Waals surface area (Å²) in [5.41, 5.74) is 14.6. The minimum atomic E-state index is -4.52. The summed E-state index contributed by atoms with van der Waals surface area (Å²) in [5.74, 6) is 0.328. The number of nitrogens with zero attached hydrogens (tertiary/aromatic N) is 1. The first-order valence-corrected chi connectivity index (χ1v) is 10.2. The lowest BCUT2D eigenvalue weighted by Crippen LogP contribution is -2.41. The lowest BCUT2D eigenvalue weighted by atomic mass is 9.78. The molecule has 0 spiro atoms. The van der Waals surface area contributed by atoms with Gasteiger partial charge in [-0.2, -0.15) is 13.2 Å². The molecule has 1 aliphatic rings. The third-order valence-electron chi connectivity index (χ3n) is 5.74. The van der Waals surface area contributed by atoms with Crippen molar-refractivity contribution in [3.05, 3.63) is 94.9 Å². The zero-order valence-electron chi connectivity index (χ0n) is 18.1. The van der Waals surface area contributed by atoms with Gasteiger partial charge in [-0.3, -0.25) is 4.98 Å². The Hall–Kier alpha value is -3.32. The third kappa shape index (κ3) is 3.84. The van der Waals surface area contributed by atoms with E-state index in [-0.39, 0.29) is 11.1 Å². The molecule has 0 radical (unpaired) electrons. The smallest absolute Gasteiger partial charge is 0.385 e. The minimum absolute atomic E-state index is 0.00500. The van der Waals surface area contributed by atoms with E-state index < -0.39 is 17.3 Å². The highest BCUT2D eigenvalue weighted by Gasteiger charge is 2.36. The molecule has 7 heteroatoms. The zero-order chi connectivity index (χ0) is 23.3. The fourth-order valence-corrected chi connectivity index (χ4v) is 4.02.